The molecule has 2 atom stereocenters. The lowest BCUT2D eigenvalue weighted by Gasteiger charge is -2.39. The first-order chi connectivity index (χ1) is 12.1. The van der Waals surface area contributed by atoms with E-state index < -0.39 is 0 Å². The van der Waals surface area contributed by atoms with Crippen molar-refractivity contribution in [3.63, 3.8) is 0 Å². The van der Waals surface area contributed by atoms with E-state index in [1.165, 1.54) is 18.5 Å². The van der Waals surface area contributed by atoms with Gasteiger partial charge in [0.25, 0.3) is 0 Å². The van der Waals surface area contributed by atoms with Gasteiger partial charge in [0.05, 0.1) is 17.4 Å². The van der Waals surface area contributed by atoms with Gasteiger partial charge in [-0.15, -0.1) is 0 Å². The van der Waals surface area contributed by atoms with E-state index in [1.807, 2.05) is 35.6 Å². The van der Waals surface area contributed by atoms with Gasteiger partial charge in [-0.25, -0.2) is 9.50 Å². The van der Waals surface area contributed by atoms with Crippen LogP contribution >= 0.6 is 0 Å². The van der Waals surface area contributed by atoms with Gasteiger partial charge in [0.15, 0.2) is 5.82 Å². The molecule has 0 bridgehead atoms. The Bertz CT molecular complexity index is 865. The molecule has 132 valence electrons. The van der Waals surface area contributed by atoms with E-state index in [1.54, 1.807) is 6.20 Å². The quantitative estimate of drug-likeness (QED) is 0.790. The Hall–Kier alpha value is -2.41. The molecule has 0 unspecified atom stereocenters. The highest BCUT2D eigenvalue weighted by Crippen LogP contribution is 2.35. The number of nitrogens with one attached hydrogen (secondary N) is 1. The molecule has 1 saturated heterocycles. The molecule has 1 aliphatic heterocycles. The molecule has 7 heteroatoms. The first kappa shape index (κ1) is 16.1. The molecule has 0 saturated carbocycles. The average molecular weight is 339 g/mol. The smallest absolute Gasteiger partial charge is 0.152 e. The lowest BCUT2D eigenvalue weighted by atomic mass is 9.87. The zero-order valence-corrected chi connectivity index (χ0v) is 15.1. The maximum atomic E-state index is 4.53. The lowest BCUT2D eigenvalue weighted by molar-refractivity contribution is 0.121. The molecule has 25 heavy (non-hydrogen) atoms. The van der Waals surface area contributed by atoms with Crippen LogP contribution in [0.15, 0.2) is 30.7 Å². The normalized spacial score (nSPS) is 21.7. The van der Waals surface area contributed by atoms with Gasteiger partial charge in [-0.1, -0.05) is 0 Å². The summed E-state index contributed by atoms with van der Waals surface area (Å²) in [5, 5.41) is 12.4. The van der Waals surface area contributed by atoms with Crippen LogP contribution in [0.3, 0.4) is 0 Å². The van der Waals surface area contributed by atoms with Crippen molar-refractivity contribution >= 4 is 11.3 Å². The van der Waals surface area contributed by atoms with Crippen LogP contribution in [0.1, 0.15) is 30.3 Å². The molecule has 3 aromatic heterocycles. The van der Waals surface area contributed by atoms with Gasteiger partial charge in [0.1, 0.15) is 5.52 Å². The van der Waals surface area contributed by atoms with Crippen molar-refractivity contribution in [2.75, 3.05) is 25.5 Å². The molecule has 0 amide bonds. The predicted octanol–water partition coefficient (Wildman–Crippen LogP) is 2.27. The molecule has 1 N–H and O–H groups in total. The zero-order valence-electron chi connectivity index (χ0n) is 15.1. The van der Waals surface area contributed by atoms with E-state index >= 15 is 0 Å². The molecule has 0 aromatic carbocycles. The Morgan fingerprint density at radius 3 is 2.96 bits per heavy atom. The number of hydrogen-bond acceptors (Lipinski definition) is 5. The minimum atomic E-state index is 0.375. The third kappa shape index (κ3) is 3.00. The summed E-state index contributed by atoms with van der Waals surface area (Å²) in [7, 11) is 4.24. The summed E-state index contributed by atoms with van der Waals surface area (Å²) in [5.74, 6) is 1.42. The summed E-state index contributed by atoms with van der Waals surface area (Å²) in [4.78, 5) is 6.97. The number of likely N-dealkylation sites (tertiary alicyclic amines) is 1. The number of anilines is 1. The van der Waals surface area contributed by atoms with Crippen LogP contribution in [0.4, 0.5) is 5.82 Å². The topological polar surface area (TPSA) is 63.3 Å². The van der Waals surface area contributed by atoms with Gasteiger partial charge in [0.2, 0.25) is 0 Å². The first-order valence-electron chi connectivity index (χ1n) is 8.86. The molecule has 3 aromatic rings. The van der Waals surface area contributed by atoms with Gasteiger partial charge in [-0.05, 0) is 51.4 Å². The molecule has 1 fully saturated rings. The maximum absolute atomic E-state index is 4.53. The number of aromatic nitrogens is 5. The van der Waals surface area contributed by atoms with E-state index in [9.17, 15) is 0 Å². The van der Waals surface area contributed by atoms with E-state index in [0.717, 1.165) is 30.1 Å². The highest BCUT2D eigenvalue weighted by Gasteiger charge is 2.32. The Labute approximate surface area is 147 Å². The fourth-order valence-corrected chi connectivity index (χ4v) is 4.02. The SMILES string of the molecule is Cc1cc2c(NC[C@@H]3CCCN(C)[C@H]3c3ccnn3C)nccn2n1. The molecule has 0 radical (unpaired) electrons. The second kappa shape index (κ2) is 6.48. The lowest BCUT2D eigenvalue weighted by Crippen LogP contribution is -2.40. The van der Waals surface area contributed by atoms with Crippen molar-refractivity contribution in [1.82, 2.24) is 29.3 Å². The molecule has 4 heterocycles. The number of rotatable bonds is 4. The van der Waals surface area contributed by atoms with E-state index in [4.69, 9.17) is 0 Å². The predicted molar refractivity (Wildman–Crippen MR) is 97.5 cm³/mol. The van der Waals surface area contributed by atoms with Crippen molar-refractivity contribution in [3.05, 3.63) is 42.1 Å². The third-order valence-corrected chi connectivity index (χ3v) is 5.21. The van der Waals surface area contributed by atoms with Crippen LogP contribution in [0, 0.1) is 12.8 Å². The summed E-state index contributed by atoms with van der Waals surface area (Å²) in [6.45, 7) is 4.02. The van der Waals surface area contributed by atoms with Crippen molar-refractivity contribution in [1.29, 1.82) is 0 Å². The van der Waals surface area contributed by atoms with Gasteiger partial charge >= 0.3 is 0 Å². The number of nitrogens with zero attached hydrogens (tertiary/aromatic N) is 6. The molecule has 0 aliphatic carbocycles. The average Bonchev–Trinajstić information content (AvgIpc) is 3.18. The minimum absolute atomic E-state index is 0.375. The molecule has 1 aliphatic rings. The zero-order chi connectivity index (χ0) is 17.4. The van der Waals surface area contributed by atoms with Gasteiger partial charge in [-0.2, -0.15) is 10.2 Å². The van der Waals surface area contributed by atoms with E-state index in [2.05, 4.69) is 44.6 Å². The highest BCUT2D eigenvalue weighted by atomic mass is 15.3. The number of aryl methyl sites for hydroxylation is 2. The van der Waals surface area contributed by atoms with Crippen molar-refractivity contribution in [2.45, 2.75) is 25.8 Å². The number of piperidine rings is 1. The van der Waals surface area contributed by atoms with Crippen LogP contribution in [0.5, 0.6) is 0 Å². The third-order valence-electron chi connectivity index (χ3n) is 5.21. The van der Waals surface area contributed by atoms with Crippen LogP contribution < -0.4 is 5.32 Å². The maximum Gasteiger partial charge on any atom is 0.152 e. The molecule has 0 spiro atoms. The van der Waals surface area contributed by atoms with Crippen LogP contribution in [0.2, 0.25) is 0 Å². The van der Waals surface area contributed by atoms with Crippen LogP contribution in [-0.4, -0.2) is 49.4 Å². The van der Waals surface area contributed by atoms with Crippen molar-refractivity contribution < 1.29 is 0 Å². The van der Waals surface area contributed by atoms with Gasteiger partial charge in [0, 0.05) is 32.2 Å². The van der Waals surface area contributed by atoms with E-state index in [-0.39, 0.29) is 0 Å². The summed E-state index contributed by atoms with van der Waals surface area (Å²) >= 11 is 0. The Morgan fingerprint density at radius 1 is 1.28 bits per heavy atom. The molecular formula is C18H25N7. The fraction of sp³-hybridized carbons (Fsp3) is 0.500. The summed E-state index contributed by atoms with van der Waals surface area (Å²) in [5.41, 5.74) is 3.31. The van der Waals surface area contributed by atoms with Crippen molar-refractivity contribution in [3.8, 4) is 0 Å². The summed E-state index contributed by atoms with van der Waals surface area (Å²) < 4.78 is 3.88. The fourth-order valence-electron chi connectivity index (χ4n) is 4.02. The second-order valence-corrected chi connectivity index (χ2v) is 6.98. The Morgan fingerprint density at radius 2 is 2.16 bits per heavy atom. The monoisotopic (exact) mass is 339 g/mol. The standard InChI is InChI=1S/C18H25N7/c1-13-11-16-18(19-8-10-25(16)22-13)20-12-14-5-4-9-23(2)17(14)15-6-7-21-24(15)3/h6-8,10-11,14,17H,4-5,9,12H2,1-3H3,(H,19,20)/t14-,17+/m0/s1. The number of fused-ring (bicyclic) bond motifs is 1. The van der Waals surface area contributed by atoms with Crippen LogP contribution in [0.25, 0.3) is 5.52 Å². The largest absolute Gasteiger partial charge is 0.368 e. The Balaban J connectivity index is 1.57. The molecular weight excluding hydrogens is 314 g/mol. The van der Waals surface area contributed by atoms with Crippen molar-refractivity contribution in [2.24, 2.45) is 13.0 Å². The minimum Gasteiger partial charge on any atom is -0.368 e. The summed E-state index contributed by atoms with van der Waals surface area (Å²) in [6.07, 6.45) is 8.00. The Kier molecular flexibility index (Phi) is 4.17. The molecule has 7 nitrogen and oxygen atoms in total. The molecule has 4 rings (SSSR count). The van der Waals surface area contributed by atoms with E-state index in [0.29, 0.717) is 12.0 Å². The second-order valence-electron chi connectivity index (χ2n) is 6.98. The summed E-state index contributed by atoms with van der Waals surface area (Å²) in [6, 6.07) is 4.58. The van der Waals surface area contributed by atoms with Gasteiger partial charge in [-0.3, -0.25) is 9.58 Å². The van der Waals surface area contributed by atoms with Crippen LogP contribution in [-0.2, 0) is 7.05 Å². The van der Waals surface area contributed by atoms with Gasteiger partial charge < -0.3 is 5.32 Å². The highest BCUT2D eigenvalue weighted by molar-refractivity contribution is 5.67. The number of hydrogen-bond donors (Lipinski definition) is 1. The first-order valence-corrected chi connectivity index (χ1v) is 8.86.